The van der Waals surface area contributed by atoms with Gasteiger partial charge in [-0.1, -0.05) is 0 Å². The minimum atomic E-state index is -4.45. The molecule has 2 rings (SSSR count). The number of rotatable bonds is 1. The minimum Gasteiger partial charge on any atom is -0.507 e. The Kier molecular flexibility index (Phi) is 2.71. The van der Waals surface area contributed by atoms with Gasteiger partial charge in [0.2, 0.25) is 0 Å². The molecule has 0 bridgehead atoms. The molecule has 0 aliphatic rings. The second-order valence-electron chi connectivity index (χ2n) is 3.34. The van der Waals surface area contributed by atoms with E-state index in [4.69, 9.17) is 0 Å². The van der Waals surface area contributed by atoms with Crippen molar-refractivity contribution in [2.75, 3.05) is 0 Å². The molecule has 0 spiro atoms. The lowest BCUT2D eigenvalue weighted by Crippen LogP contribution is -2.04. The summed E-state index contributed by atoms with van der Waals surface area (Å²) in [7, 11) is 0. The van der Waals surface area contributed by atoms with Crippen molar-refractivity contribution in [3.8, 4) is 17.0 Å². The summed E-state index contributed by atoms with van der Waals surface area (Å²) in [6.45, 7) is 0. The monoisotopic (exact) mass is 240 g/mol. The standard InChI is InChI=1S/C11H7F3N2O/c12-11(13,14)7-3-4-10(17)8(6-7)9-2-1-5-15-16-9/h1-6,17H. The van der Waals surface area contributed by atoms with E-state index >= 15 is 0 Å². The number of nitrogens with zero attached hydrogens (tertiary/aromatic N) is 2. The SMILES string of the molecule is Oc1ccc(C(F)(F)F)cc1-c1cccnn1. The third-order valence-electron chi connectivity index (χ3n) is 2.17. The van der Waals surface area contributed by atoms with Gasteiger partial charge in [-0.2, -0.15) is 23.4 Å². The lowest BCUT2D eigenvalue weighted by molar-refractivity contribution is -0.137. The summed E-state index contributed by atoms with van der Waals surface area (Å²) in [5, 5.41) is 16.7. The second-order valence-corrected chi connectivity index (χ2v) is 3.34. The van der Waals surface area contributed by atoms with Crippen molar-refractivity contribution in [2.24, 2.45) is 0 Å². The predicted octanol–water partition coefficient (Wildman–Crippen LogP) is 2.87. The first-order valence-corrected chi connectivity index (χ1v) is 4.67. The molecule has 0 amide bonds. The number of aromatic nitrogens is 2. The lowest BCUT2D eigenvalue weighted by Gasteiger charge is -2.09. The van der Waals surface area contributed by atoms with Crippen molar-refractivity contribution in [1.29, 1.82) is 0 Å². The van der Waals surface area contributed by atoms with Gasteiger partial charge in [0.15, 0.2) is 0 Å². The van der Waals surface area contributed by atoms with Crippen molar-refractivity contribution in [3.05, 3.63) is 42.1 Å². The number of phenols is 1. The topological polar surface area (TPSA) is 46.0 Å². The van der Waals surface area contributed by atoms with Crippen LogP contribution >= 0.6 is 0 Å². The zero-order chi connectivity index (χ0) is 12.5. The zero-order valence-corrected chi connectivity index (χ0v) is 8.44. The van der Waals surface area contributed by atoms with Crippen LogP contribution in [0, 0.1) is 0 Å². The first-order valence-electron chi connectivity index (χ1n) is 4.67. The van der Waals surface area contributed by atoms with Crippen molar-refractivity contribution < 1.29 is 18.3 Å². The van der Waals surface area contributed by atoms with Crippen LogP contribution in [0.25, 0.3) is 11.3 Å². The molecule has 88 valence electrons. The predicted molar refractivity (Wildman–Crippen MR) is 54.1 cm³/mol. The number of phenolic OH excluding ortho intramolecular Hbond substituents is 1. The van der Waals surface area contributed by atoms with Crippen LogP contribution in [0.3, 0.4) is 0 Å². The average Bonchev–Trinajstić information content (AvgIpc) is 2.29. The summed E-state index contributed by atoms with van der Waals surface area (Å²) in [6.07, 6.45) is -3.06. The zero-order valence-electron chi connectivity index (χ0n) is 8.44. The maximum atomic E-state index is 12.5. The molecule has 17 heavy (non-hydrogen) atoms. The normalized spacial score (nSPS) is 11.5. The van der Waals surface area contributed by atoms with E-state index in [1.165, 1.54) is 18.3 Å². The van der Waals surface area contributed by atoms with Crippen molar-refractivity contribution >= 4 is 0 Å². The molecule has 0 radical (unpaired) electrons. The van der Waals surface area contributed by atoms with Gasteiger partial charge in [-0.05, 0) is 30.3 Å². The Morgan fingerprint density at radius 1 is 1.12 bits per heavy atom. The minimum absolute atomic E-state index is 0.00734. The van der Waals surface area contributed by atoms with Gasteiger partial charge >= 0.3 is 6.18 Å². The van der Waals surface area contributed by atoms with E-state index in [1.807, 2.05) is 0 Å². The molecule has 2 aromatic rings. The van der Waals surface area contributed by atoms with Crippen LogP contribution < -0.4 is 0 Å². The molecule has 0 aliphatic heterocycles. The van der Waals surface area contributed by atoms with Crippen LogP contribution in [0.4, 0.5) is 13.2 Å². The molecule has 0 atom stereocenters. The highest BCUT2D eigenvalue weighted by Crippen LogP contribution is 2.35. The molecule has 3 nitrogen and oxygen atoms in total. The Bertz CT molecular complexity index is 526. The fraction of sp³-hybridized carbons (Fsp3) is 0.0909. The molecule has 1 heterocycles. The van der Waals surface area contributed by atoms with Crippen LogP contribution in [-0.4, -0.2) is 15.3 Å². The van der Waals surface area contributed by atoms with Crippen LogP contribution in [0.1, 0.15) is 5.56 Å². The van der Waals surface area contributed by atoms with Gasteiger partial charge in [-0.25, -0.2) is 0 Å². The van der Waals surface area contributed by atoms with Crippen LogP contribution in [0.2, 0.25) is 0 Å². The fourth-order valence-electron chi connectivity index (χ4n) is 1.36. The Hall–Kier alpha value is -2.11. The molecule has 1 aromatic carbocycles. The average molecular weight is 240 g/mol. The van der Waals surface area contributed by atoms with Crippen LogP contribution in [0.5, 0.6) is 5.75 Å². The smallest absolute Gasteiger partial charge is 0.416 e. The van der Waals surface area contributed by atoms with Crippen LogP contribution in [0.15, 0.2) is 36.5 Å². The summed E-state index contributed by atoms with van der Waals surface area (Å²) in [6, 6.07) is 5.66. The summed E-state index contributed by atoms with van der Waals surface area (Å²) in [4.78, 5) is 0. The summed E-state index contributed by atoms with van der Waals surface area (Å²) >= 11 is 0. The molecule has 6 heteroatoms. The first kappa shape index (κ1) is 11.4. The Morgan fingerprint density at radius 3 is 2.47 bits per heavy atom. The second kappa shape index (κ2) is 4.04. The summed E-state index contributed by atoms with van der Waals surface area (Å²) < 4.78 is 37.5. The van der Waals surface area contributed by atoms with E-state index < -0.39 is 11.7 Å². The summed E-state index contributed by atoms with van der Waals surface area (Å²) in [5.74, 6) is -0.265. The van der Waals surface area contributed by atoms with E-state index in [9.17, 15) is 18.3 Å². The maximum absolute atomic E-state index is 12.5. The highest BCUT2D eigenvalue weighted by Gasteiger charge is 2.31. The molecule has 0 fully saturated rings. The number of hydrogen-bond acceptors (Lipinski definition) is 3. The first-order chi connectivity index (χ1) is 7.98. The van der Waals surface area contributed by atoms with Gasteiger partial charge in [0.05, 0.1) is 11.3 Å². The van der Waals surface area contributed by atoms with E-state index in [1.54, 1.807) is 0 Å². The lowest BCUT2D eigenvalue weighted by atomic mass is 10.1. The molecular weight excluding hydrogens is 233 g/mol. The molecule has 0 unspecified atom stereocenters. The summed E-state index contributed by atoms with van der Waals surface area (Å²) in [5.41, 5.74) is -0.639. The van der Waals surface area contributed by atoms with E-state index in [2.05, 4.69) is 10.2 Å². The van der Waals surface area contributed by atoms with Gasteiger partial charge in [-0.15, -0.1) is 0 Å². The van der Waals surface area contributed by atoms with Gasteiger partial charge in [0.1, 0.15) is 5.75 Å². The molecular formula is C11H7F3N2O. The number of hydrogen-bond donors (Lipinski definition) is 1. The molecule has 0 aliphatic carbocycles. The van der Waals surface area contributed by atoms with Gasteiger partial charge in [-0.3, -0.25) is 0 Å². The number of aromatic hydroxyl groups is 1. The number of benzene rings is 1. The quantitative estimate of drug-likeness (QED) is 0.833. The third-order valence-corrected chi connectivity index (χ3v) is 2.17. The largest absolute Gasteiger partial charge is 0.507 e. The van der Waals surface area contributed by atoms with E-state index in [-0.39, 0.29) is 17.0 Å². The van der Waals surface area contributed by atoms with Gasteiger partial charge in [0, 0.05) is 11.8 Å². The van der Waals surface area contributed by atoms with E-state index in [0.29, 0.717) is 0 Å². The Labute approximate surface area is 94.6 Å². The molecule has 1 aromatic heterocycles. The van der Waals surface area contributed by atoms with Gasteiger partial charge < -0.3 is 5.11 Å². The maximum Gasteiger partial charge on any atom is 0.416 e. The Morgan fingerprint density at radius 2 is 1.88 bits per heavy atom. The molecule has 1 N–H and O–H groups in total. The number of halogens is 3. The third kappa shape index (κ3) is 2.35. The van der Waals surface area contributed by atoms with E-state index in [0.717, 1.165) is 18.2 Å². The van der Waals surface area contributed by atoms with Crippen LogP contribution in [-0.2, 0) is 6.18 Å². The van der Waals surface area contributed by atoms with Gasteiger partial charge in [0.25, 0.3) is 0 Å². The highest BCUT2D eigenvalue weighted by atomic mass is 19.4. The van der Waals surface area contributed by atoms with Crippen molar-refractivity contribution in [1.82, 2.24) is 10.2 Å². The van der Waals surface area contributed by atoms with Crippen molar-refractivity contribution in [3.63, 3.8) is 0 Å². The van der Waals surface area contributed by atoms with Crippen molar-refractivity contribution in [2.45, 2.75) is 6.18 Å². The molecule has 0 saturated carbocycles. The fourth-order valence-corrected chi connectivity index (χ4v) is 1.36. The Balaban J connectivity index is 2.55. The molecule has 0 saturated heterocycles. The number of alkyl halides is 3. The highest BCUT2D eigenvalue weighted by molar-refractivity contribution is 5.67.